The highest BCUT2D eigenvalue weighted by atomic mass is 16.5. The molecule has 3 aromatic rings. The molecule has 33 heavy (non-hydrogen) atoms. The summed E-state index contributed by atoms with van der Waals surface area (Å²) < 4.78 is 7.08. The second-order valence-corrected chi connectivity index (χ2v) is 7.57. The van der Waals surface area contributed by atoms with Gasteiger partial charge in [-0.1, -0.05) is 24.3 Å². The summed E-state index contributed by atoms with van der Waals surface area (Å²) in [4.78, 5) is 31.7. The van der Waals surface area contributed by atoms with E-state index in [0.29, 0.717) is 43.8 Å². The Kier molecular flexibility index (Phi) is 8.41. The topological polar surface area (TPSA) is 76.5 Å². The first kappa shape index (κ1) is 23.8. The molecule has 0 aliphatic carbocycles. The summed E-state index contributed by atoms with van der Waals surface area (Å²) in [7, 11) is 1.59. The largest absolute Gasteiger partial charge is 0.497 e. The molecule has 0 bridgehead atoms. The number of methoxy groups -OCH3 is 1. The number of carbonyl (C=O) groups is 2. The van der Waals surface area contributed by atoms with Gasteiger partial charge in [0.25, 0.3) is 5.91 Å². The highest BCUT2D eigenvalue weighted by Gasteiger charge is 2.17. The molecule has 0 fully saturated rings. The first-order valence-corrected chi connectivity index (χ1v) is 10.9. The summed E-state index contributed by atoms with van der Waals surface area (Å²) in [6, 6.07) is 14.8. The number of aryl methyl sites for hydroxylation is 1. The maximum atomic E-state index is 12.9. The first-order valence-electron chi connectivity index (χ1n) is 10.9. The van der Waals surface area contributed by atoms with Crippen LogP contribution in [0.1, 0.15) is 22.6 Å². The smallest absolute Gasteiger partial charge is 0.251 e. The van der Waals surface area contributed by atoms with E-state index in [9.17, 15) is 9.59 Å². The van der Waals surface area contributed by atoms with Crippen LogP contribution in [-0.4, -0.2) is 53.0 Å². The molecule has 0 aliphatic heterocycles. The molecule has 0 unspecified atom stereocenters. The Hall–Kier alpha value is -3.87. The zero-order valence-electron chi connectivity index (χ0n) is 19.0. The van der Waals surface area contributed by atoms with Crippen molar-refractivity contribution in [2.75, 3.05) is 26.7 Å². The Morgan fingerprint density at radius 2 is 1.79 bits per heavy atom. The average Bonchev–Trinajstić information content (AvgIpc) is 3.18. The standard InChI is InChI=1S/C26H30N4O3/c1-4-17-29(18-5-2)25(31)19-30-23-10-7-6-9-22(23)28-24(30)11-8-16-27-26(32)20-12-14-21(33-3)15-13-20/h4-7,9-10,12-15H,1-2,8,11,16-19H2,3H3,(H,27,32). The fraction of sp³-hybridized carbons (Fsp3) is 0.269. The van der Waals surface area contributed by atoms with Crippen LogP contribution in [0.2, 0.25) is 0 Å². The number of benzene rings is 2. The van der Waals surface area contributed by atoms with E-state index in [1.807, 2.05) is 28.8 Å². The summed E-state index contributed by atoms with van der Waals surface area (Å²) in [5, 5.41) is 2.94. The quantitative estimate of drug-likeness (QED) is 0.341. The van der Waals surface area contributed by atoms with E-state index < -0.39 is 0 Å². The Morgan fingerprint density at radius 1 is 1.09 bits per heavy atom. The van der Waals surface area contributed by atoms with Crippen molar-refractivity contribution in [2.24, 2.45) is 0 Å². The number of imidazole rings is 1. The lowest BCUT2D eigenvalue weighted by molar-refractivity contribution is -0.130. The molecule has 7 nitrogen and oxygen atoms in total. The third kappa shape index (κ3) is 6.10. The molecule has 0 saturated carbocycles. The third-order valence-electron chi connectivity index (χ3n) is 5.29. The van der Waals surface area contributed by atoms with Gasteiger partial charge in [0.2, 0.25) is 5.91 Å². The molecule has 1 aromatic heterocycles. The molecule has 1 N–H and O–H groups in total. The summed E-state index contributed by atoms with van der Waals surface area (Å²) in [6.07, 6.45) is 4.75. The molecular formula is C26H30N4O3. The maximum Gasteiger partial charge on any atom is 0.251 e. The molecule has 2 aromatic carbocycles. The predicted molar refractivity (Wildman–Crippen MR) is 130 cm³/mol. The molecule has 1 heterocycles. The van der Waals surface area contributed by atoms with E-state index in [1.165, 1.54) is 0 Å². The fourth-order valence-electron chi connectivity index (χ4n) is 3.61. The summed E-state index contributed by atoms with van der Waals surface area (Å²) in [6.45, 7) is 9.09. The summed E-state index contributed by atoms with van der Waals surface area (Å²) in [5.74, 6) is 1.37. The number of aromatic nitrogens is 2. The van der Waals surface area contributed by atoms with Gasteiger partial charge in [0.05, 0.1) is 18.1 Å². The van der Waals surface area contributed by atoms with Crippen molar-refractivity contribution in [2.45, 2.75) is 19.4 Å². The van der Waals surface area contributed by atoms with Gasteiger partial charge in [-0.2, -0.15) is 0 Å². The van der Waals surface area contributed by atoms with Gasteiger partial charge < -0.3 is 19.5 Å². The maximum absolute atomic E-state index is 12.9. The van der Waals surface area contributed by atoms with Crippen LogP contribution in [0.15, 0.2) is 73.8 Å². The van der Waals surface area contributed by atoms with Gasteiger partial charge in [-0.05, 0) is 42.8 Å². The molecule has 172 valence electrons. The van der Waals surface area contributed by atoms with Crippen LogP contribution in [-0.2, 0) is 17.8 Å². The number of nitrogens with zero attached hydrogens (tertiary/aromatic N) is 3. The number of hydrogen-bond acceptors (Lipinski definition) is 4. The van der Waals surface area contributed by atoms with Crippen molar-refractivity contribution in [3.05, 3.63) is 85.2 Å². The van der Waals surface area contributed by atoms with E-state index in [2.05, 4.69) is 18.5 Å². The average molecular weight is 447 g/mol. The Labute approximate surface area is 194 Å². The number of rotatable bonds is 12. The van der Waals surface area contributed by atoms with Crippen LogP contribution in [0.5, 0.6) is 5.75 Å². The molecule has 3 rings (SSSR count). The Morgan fingerprint density at radius 3 is 2.45 bits per heavy atom. The predicted octanol–water partition coefficient (Wildman–Crippen LogP) is 3.61. The number of nitrogens with one attached hydrogen (secondary N) is 1. The lowest BCUT2D eigenvalue weighted by Crippen LogP contribution is -2.34. The lowest BCUT2D eigenvalue weighted by atomic mass is 10.2. The number of para-hydroxylation sites is 2. The van der Waals surface area contributed by atoms with Crippen LogP contribution in [0, 0.1) is 0 Å². The number of carbonyl (C=O) groups excluding carboxylic acids is 2. The van der Waals surface area contributed by atoms with Gasteiger partial charge in [0, 0.05) is 31.6 Å². The van der Waals surface area contributed by atoms with Gasteiger partial charge in [0.15, 0.2) is 0 Å². The van der Waals surface area contributed by atoms with E-state index in [4.69, 9.17) is 9.72 Å². The molecule has 0 radical (unpaired) electrons. The molecular weight excluding hydrogens is 416 g/mol. The van der Waals surface area contributed by atoms with Crippen molar-refractivity contribution in [1.29, 1.82) is 0 Å². The van der Waals surface area contributed by atoms with Gasteiger partial charge in [-0.25, -0.2) is 4.98 Å². The van der Waals surface area contributed by atoms with E-state index in [-0.39, 0.29) is 18.4 Å². The van der Waals surface area contributed by atoms with Crippen molar-refractivity contribution in [1.82, 2.24) is 19.8 Å². The molecule has 0 aliphatic rings. The zero-order valence-corrected chi connectivity index (χ0v) is 19.0. The van der Waals surface area contributed by atoms with Crippen molar-refractivity contribution in [3.8, 4) is 5.75 Å². The highest BCUT2D eigenvalue weighted by molar-refractivity contribution is 5.94. The van der Waals surface area contributed by atoms with Crippen LogP contribution >= 0.6 is 0 Å². The minimum atomic E-state index is -0.133. The molecule has 0 saturated heterocycles. The molecule has 7 heteroatoms. The lowest BCUT2D eigenvalue weighted by Gasteiger charge is -2.20. The second kappa shape index (κ2) is 11.7. The van der Waals surface area contributed by atoms with Crippen molar-refractivity contribution < 1.29 is 14.3 Å². The number of hydrogen-bond donors (Lipinski definition) is 1. The third-order valence-corrected chi connectivity index (χ3v) is 5.29. The summed E-state index contributed by atoms with van der Waals surface area (Å²) >= 11 is 0. The van der Waals surface area contributed by atoms with Crippen LogP contribution in [0.3, 0.4) is 0 Å². The van der Waals surface area contributed by atoms with Crippen LogP contribution in [0.4, 0.5) is 0 Å². The number of fused-ring (bicyclic) bond motifs is 1. The SMILES string of the molecule is C=CCN(CC=C)C(=O)Cn1c(CCCNC(=O)c2ccc(OC)cc2)nc2ccccc21. The van der Waals surface area contributed by atoms with Crippen LogP contribution in [0.25, 0.3) is 11.0 Å². The van der Waals surface area contributed by atoms with E-state index in [0.717, 1.165) is 16.9 Å². The second-order valence-electron chi connectivity index (χ2n) is 7.57. The normalized spacial score (nSPS) is 10.6. The van der Waals surface area contributed by atoms with Gasteiger partial charge in [0.1, 0.15) is 18.1 Å². The molecule has 0 spiro atoms. The number of amides is 2. The zero-order chi connectivity index (χ0) is 23.6. The van der Waals surface area contributed by atoms with E-state index >= 15 is 0 Å². The Balaban J connectivity index is 1.66. The fourth-order valence-corrected chi connectivity index (χ4v) is 3.61. The minimum absolute atomic E-state index is 0.0213. The van der Waals surface area contributed by atoms with Crippen molar-refractivity contribution >= 4 is 22.8 Å². The highest BCUT2D eigenvalue weighted by Crippen LogP contribution is 2.18. The monoisotopic (exact) mass is 446 g/mol. The first-order chi connectivity index (χ1) is 16.1. The van der Waals surface area contributed by atoms with Gasteiger partial charge >= 0.3 is 0 Å². The summed E-state index contributed by atoms with van der Waals surface area (Å²) in [5.41, 5.74) is 2.35. The molecule has 0 atom stereocenters. The van der Waals surface area contributed by atoms with E-state index in [1.54, 1.807) is 48.4 Å². The number of ether oxygens (including phenoxy) is 1. The van der Waals surface area contributed by atoms with Gasteiger partial charge in [-0.15, -0.1) is 13.2 Å². The Bertz CT molecular complexity index is 1110. The molecule has 2 amide bonds. The minimum Gasteiger partial charge on any atom is -0.497 e. The van der Waals surface area contributed by atoms with Crippen LogP contribution < -0.4 is 10.1 Å². The van der Waals surface area contributed by atoms with Crippen molar-refractivity contribution in [3.63, 3.8) is 0 Å². The van der Waals surface area contributed by atoms with Gasteiger partial charge in [-0.3, -0.25) is 9.59 Å².